The summed E-state index contributed by atoms with van der Waals surface area (Å²) in [6.45, 7) is 5.01. The van der Waals surface area contributed by atoms with E-state index in [-0.39, 0.29) is 11.8 Å². The highest BCUT2D eigenvalue weighted by Crippen LogP contribution is 2.10. The molecule has 5 nitrogen and oxygen atoms in total. The largest absolute Gasteiger partial charge is 0.350 e. The maximum absolute atomic E-state index is 13.0. The minimum Gasteiger partial charge on any atom is -0.350 e. The van der Waals surface area contributed by atoms with E-state index in [0.29, 0.717) is 12.1 Å². The molecule has 2 amide bonds. The second-order valence-electron chi connectivity index (χ2n) is 7.57. The van der Waals surface area contributed by atoms with Crippen LogP contribution >= 0.6 is 0 Å². The molecule has 6 heteroatoms. The van der Waals surface area contributed by atoms with Crippen LogP contribution in [0, 0.1) is 11.7 Å². The first-order valence-electron chi connectivity index (χ1n) is 9.48. The van der Waals surface area contributed by atoms with Gasteiger partial charge in [0.25, 0.3) is 5.91 Å². The average molecular weight is 386 g/mol. The molecule has 0 heterocycles. The smallest absolute Gasteiger partial charge is 0.251 e. The van der Waals surface area contributed by atoms with Gasteiger partial charge in [-0.25, -0.2) is 4.39 Å². The second-order valence-corrected chi connectivity index (χ2v) is 7.57. The number of carbonyl (C=O) groups is 2. The molecule has 0 fully saturated rings. The van der Waals surface area contributed by atoms with Crippen molar-refractivity contribution in [2.24, 2.45) is 5.92 Å². The van der Waals surface area contributed by atoms with E-state index >= 15 is 0 Å². The summed E-state index contributed by atoms with van der Waals surface area (Å²) in [4.78, 5) is 26.4. The van der Waals surface area contributed by atoms with Gasteiger partial charge in [-0.1, -0.05) is 38.1 Å². The predicted octanol–water partition coefficient (Wildman–Crippen LogP) is 1.54. The van der Waals surface area contributed by atoms with Crippen molar-refractivity contribution in [3.8, 4) is 0 Å². The molecule has 0 aliphatic carbocycles. The van der Waals surface area contributed by atoms with Crippen molar-refractivity contribution >= 4 is 11.8 Å². The lowest BCUT2D eigenvalue weighted by Crippen LogP contribution is -3.04. The zero-order valence-corrected chi connectivity index (χ0v) is 16.9. The van der Waals surface area contributed by atoms with Gasteiger partial charge < -0.3 is 15.5 Å². The van der Waals surface area contributed by atoms with Crippen LogP contribution in [-0.2, 0) is 17.9 Å². The molecule has 0 unspecified atom stereocenters. The first kappa shape index (κ1) is 21.6. The summed E-state index contributed by atoms with van der Waals surface area (Å²) in [5, 5.41) is 5.69. The molecule has 2 aromatic rings. The van der Waals surface area contributed by atoms with Gasteiger partial charge in [0.1, 0.15) is 18.4 Å². The van der Waals surface area contributed by atoms with Gasteiger partial charge in [-0.15, -0.1) is 0 Å². The molecule has 0 radical (unpaired) electrons. The number of amides is 2. The van der Waals surface area contributed by atoms with E-state index < -0.39 is 17.8 Å². The van der Waals surface area contributed by atoms with E-state index in [1.807, 2.05) is 32.0 Å². The van der Waals surface area contributed by atoms with Crippen LogP contribution in [0.4, 0.5) is 4.39 Å². The third-order valence-electron chi connectivity index (χ3n) is 4.46. The SMILES string of the molecule is CC(C)[C@H](NC(=O)c1ccc(F)cc1)C(=O)NCc1ccccc1C[NH+](C)C. The highest BCUT2D eigenvalue weighted by molar-refractivity contribution is 5.97. The van der Waals surface area contributed by atoms with Crippen molar-refractivity contribution in [2.75, 3.05) is 14.1 Å². The Morgan fingerprint density at radius 1 is 1.00 bits per heavy atom. The Kier molecular flexibility index (Phi) is 7.70. The highest BCUT2D eigenvalue weighted by atomic mass is 19.1. The number of nitrogens with one attached hydrogen (secondary N) is 3. The Morgan fingerprint density at radius 3 is 2.18 bits per heavy atom. The fourth-order valence-corrected chi connectivity index (χ4v) is 2.94. The average Bonchev–Trinajstić information content (AvgIpc) is 2.64. The number of halogens is 1. The quantitative estimate of drug-likeness (QED) is 0.645. The lowest BCUT2D eigenvalue weighted by molar-refractivity contribution is -0.872. The van der Waals surface area contributed by atoms with Crippen LogP contribution in [0.15, 0.2) is 48.5 Å². The van der Waals surface area contributed by atoms with Gasteiger partial charge in [0.15, 0.2) is 0 Å². The molecule has 28 heavy (non-hydrogen) atoms. The van der Waals surface area contributed by atoms with E-state index in [1.54, 1.807) is 0 Å². The van der Waals surface area contributed by atoms with Crippen LogP contribution in [0.5, 0.6) is 0 Å². The molecule has 3 N–H and O–H groups in total. The second kappa shape index (κ2) is 9.99. The molecule has 0 saturated heterocycles. The summed E-state index contributed by atoms with van der Waals surface area (Å²) in [7, 11) is 4.16. The van der Waals surface area contributed by atoms with Crippen LogP contribution < -0.4 is 15.5 Å². The van der Waals surface area contributed by atoms with Crippen molar-refractivity contribution in [3.63, 3.8) is 0 Å². The van der Waals surface area contributed by atoms with E-state index in [0.717, 1.165) is 12.1 Å². The summed E-state index contributed by atoms with van der Waals surface area (Å²) in [5.74, 6) is -1.14. The zero-order valence-electron chi connectivity index (χ0n) is 16.9. The Labute approximate surface area is 165 Å². The first-order valence-corrected chi connectivity index (χ1v) is 9.48. The lowest BCUT2D eigenvalue weighted by atomic mass is 10.0. The summed E-state index contributed by atoms with van der Waals surface area (Å²) in [5.41, 5.74) is 2.56. The molecule has 0 spiro atoms. The van der Waals surface area contributed by atoms with Gasteiger partial charge in [-0.2, -0.15) is 0 Å². The van der Waals surface area contributed by atoms with E-state index in [2.05, 4.69) is 30.8 Å². The molecule has 0 aliphatic heterocycles. The molecule has 2 rings (SSSR count). The van der Waals surface area contributed by atoms with Crippen LogP contribution in [0.2, 0.25) is 0 Å². The standard InChI is InChI=1S/C22H28FN3O2/c1-15(2)20(25-21(27)16-9-11-19(23)12-10-16)22(28)24-13-17-7-5-6-8-18(17)14-26(3)4/h5-12,15,20H,13-14H2,1-4H3,(H,24,28)(H,25,27)/p+1/t20-/m0/s1. The first-order chi connectivity index (χ1) is 13.3. The van der Waals surface area contributed by atoms with Crippen molar-refractivity contribution in [1.82, 2.24) is 10.6 Å². The van der Waals surface area contributed by atoms with Crippen LogP contribution in [0.1, 0.15) is 35.3 Å². The van der Waals surface area contributed by atoms with Gasteiger partial charge in [0, 0.05) is 17.7 Å². The Bertz CT molecular complexity index is 804. The van der Waals surface area contributed by atoms with Gasteiger partial charge in [-0.3, -0.25) is 9.59 Å². The molecule has 0 aromatic heterocycles. The van der Waals surface area contributed by atoms with Crippen molar-refractivity contribution < 1.29 is 18.9 Å². The third-order valence-corrected chi connectivity index (χ3v) is 4.46. The topological polar surface area (TPSA) is 62.6 Å². The minimum atomic E-state index is -0.677. The summed E-state index contributed by atoms with van der Waals surface area (Å²) < 4.78 is 13.0. The molecular formula is C22H29FN3O2+. The number of rotatable bonds is 8. The molecular weight excluding hydrogens is 357 g/mol. The van der Waals surface area contributed by atoms with Gasteiger partial charge in [0.2, 0.25) is 5.91 Å². The maximum atomic E-state index is 13.0. The summed E-state index contributed by atoms with van der Waals surface area (Å²) >= 11 is 0. The Balaban J connectivity index is 2.03. The molecule has 0 saturated carbocycles. The van der Waals surface area contributed by atoms with E-state index in [1.165, 1.54) is 34.7 Å². The molecule has 150 valence electrons. The van der Waals surface area contributed by atoms with Crippen molar-refractivity contribution in [1.29, 1.82) is 0 Å². The van der Waals surface area contributed by atoms with E-state index in [4.69, 9.17) is 0 Å². The predicted molar refractivity (Wildman–Crippen MR) is 107 cm³/mol. The fraction of sp³-hybridized carbons (Fsp3) is 0.364. The third kappa shape index (κ3) is 6.16. The normalized spacial score (nSPS) is 12.1. The Morgan fingerprint density at radius 2 is 1.61 bits per heavy atom. The van der Waals surface area contributed by atoms with Crippen LogP contribution in [0.3, 0.4) is 0 Å². The monoisotopic (exact) mass is 386 g/mol. The molecule has 2 aromatic carbocycles. The molecule has 0 aliphatic rings. The van der Waals surface area contributed by atoms with Crippen LogP contribution in [0.25, 0.3) is 0 Å². The Hall–Kier alpha value is -2.73. The zero-order chi connectivity index (χ0) is 20.7. The number of hydrogen-bond donors (Lipinski definition) is 3. The number of hydrogen-bond acceptors (Lipinski definition) is 2. The fourth-order valence-electron chi connectivity index (χ4n) is 2.94. The van der Waals surface area contributed by atoms with Crippen LogP contribution in [-0.4, -0.2) is 32.0 Å². The van der Waals surface area contributed by atoms with Crippen molar-refractivity contribution in [2.45, 2.75) is 33.0 Å². The van der Waals surface area contributed by atoms with Gasteiger partial charge in [-0.05, 0) is 35.7 Å². The summed E-state index contributed by atoms with van der Waals surface area (Å²) in [6, 6.07) is 12.6. The number of benzene rings is 2. The van der Waals surface area contributed by atoms with E-state index in [9.17, 15) is 14.0 Å². The summed E-state index contributed by atoms with van der Waals surface area (Å²) in [6.07, 6.45) is 0. The highest BCUT2D eigenvalue weighted by Gasteiger charge is 2.24. The maximum Gasteiger partial charge on any atom is 0.251 e. The molecule has 1 atom stereocenters. The number of quaternary nitrogens is 1. The molecule has 0 bridgehead atoms. The van der Waals surface area contributed by atoms with Gasteiger partial charge in [0.05, 0.1) is 14.1 Å². The lowest BCUT2D eigenvalue weighted by Gasteiger charge is -2.22. The van der Waals surface area contributed by atoms with Crippen molar-refractivity contribution in [3.05, 3.63) is 71.0 Å². The minimum absolute atomic E-state index is 0.0918. The number of carbonyl (C=O) groups excluding carboxylic acids is 2. The van der Waals surface area contributed by atoms with Gasteiger partial charge >= 0.3 is 0 Å².